The molecule has 4 aliphatic rings. The molecular formula is C23H32F6O5. The molecule has 11 heteroatoms. The first-order valence-corrected chi connectivity index (χ1v) is 11.6. The Morgan fingerprint density at radius 3 is 1.62 bits per heavy atom. The van der Waals surface area contributed by atoms with Crippen LogP contribution in [0.4, 0.5) is 26.3 Å². The topological polar surface area (TPSA) is 72.8 Å². The van der Waals surface area contributed by atoms with Crippen LogP contribution >= 0.6 is 0 Å². The van der Waals surface area contributed by atoms with Crippen molar-refractivity contribution < 1.29 is 50.5 Å². The maximum atomic E-state index is 13.2. The summed E-state index contributed by atoms with van der Waals surface area (Å²) >= 11 is 0. The third kappa shape index (κ3) is 4.53. The molecule has 4 bridgehead atoms. The van der Waals surface area contributed by atoms with Gasteiger partial charge in [0, 0.05) is 5.41 Å². The Bertz CT molecular complexity index is 768. The SMILES string of the molecule is CCC(C)(CC(=O)OC(O)(C(F)(F)F)C(F)(F)F)C(=O)OC(C)(C)C12CC3CC(CC(C3)C1)C2. The maximum Gasteiger partial charge on any atom is 0.465 e. The fourth-order valence-corrected chi connectivity index (χ4v) is 6.45. The summed E-state index contributed by atoms with van der Waals surface area (Å²) in [6.07, 6.45) is -7.69. The molecule has 4 fully saturated rings. The van der Waals surface area contributed by atoms with Crippen LogP contribution in [0.5, 0.6) is 0 Å². The fraction of sp³-hybridized carbons (Fsp3) is 0.913. The highest BCUT2D eigenvalue weighted by Crippen LogP contribution is 2.64. The summed E-state index contributed by atoms with van der Waals surface area (Å²) < 4.78 is 86.7. The van der Waals surface area contributed by atoms with E-state index in [0.29, 0.717) is 17.8 Å². The van der Waals surface area contributed by atoms with Gasteiger partial charge in [0.2, 0.25) is 0 Å². The Morgan fingerprint density at radius 1 is 0.853 bits per heavy atom. The third-order valence-corrected chi connectivity index (χ3v) is 8.50. The Morgan fingerprint density at radius 2 is 1.26 bits per heavy atom. The summed E-state index contributed by atoms with van der Waals surface area (Å²) in [6, 6.07) is 0. The Kier molecular flexibility index (Phi) is 6.58. The van der Waals surface area contributed by atoms with Gasteiger partial charge in [0.15, 0.2) is 0 Å². The maximum absolute atomic E-state index is 13.2. The van der Waals surface area contributed by atoms with Gasteiger partial charge in [-0.05, 0) is 83.5 Å². The second-order valence-corrected chi connectivity index (χ2v) is 11.3. The Labute approximate surface area is 194 Å². The normalized spacial score (nSPS) is 31.2. The minimum atomic E-state index is -6.31. The molecule has 0 aromatic carbocycles. The number of hydrogen-bond donors (Lipinski definition) is 1. The third-order valence-electron chi connectivity index (χ3n) is 8.50. The van der Waals surface area contributed by atoms with E-state index in [1.54, 1.807) is 13.8 Å². The van der Waals surface area contributed by atoms with Crippen molar-refractivity contribution in [3.63, 3.8) is 0 Å². The lowest BCUT2D eigenvalue weighted by atomic mass is 9.46. The van der Waals surface area contributed by atoms with Gasteiger partial charge in [-0.3, -0.25) is 9.59 Å². The molecule has 0 saturated heterocycles. The Balaban J connectivity index is 1.74. The molecule has 4 saturated carbocycles. The zero-order valence-corrected chi connectivity index (χ0v) is 19.7. The lowest BCUT2D eigenvalue weighted by molar-refractivity contribution is -0.444. The summed E-state index contributed by atoms with van der Waals surface area (Å²) in [5.41, 5.74) is -2.92. The van der Waals surface area contributed by atoms with E-state index >= 15 is 0 Å². The highest BCUT2D eigenvalue weighted by Gasteiger charge is 2.74. The number of carbonyl (C=O) groups is 2. The average Bonchev–Trinajstić information content (AvgIpc) is 2.64. The predicted molar refractivity (Wildman–Crippen MR) is 107 cm³/mol. The van der Waals surface area contributed by atoms with Crippen LogP contribution in [0.25, 0.3) is 0 Å². The van der Waals surface area contributed by atoms with Gasteiger partial charge in [0.1, 0.15) is 5.60 Å². The molecule has 1 unspecified atom stereocenters. The zero-order valence-electron chi connectivity index (χ0n) is 19.7. The van der Waals surface area contributed by atoms with Crippen molar-refractivity contribution in [3.8, 4) is 0 Å². The number of carbonyl (C=O) groups excluding carboxylic acids is 2. The largest absolute Gasteiger partial charge is 0.465 e. The predicted octanol–water partition coefficient (Wildman–Crippen LogP) is 5.69. The monoisotopic (exact) mass is 502 g/mol. The van der Waals surface area contributed by atoms with Crippen LogP contribution in [-0.4, -0.2) is 40.8 Å². The summed E-state index contributed by atoms with van der Waals surface area (Å²) in [6.45, 7) is 6.27. The highest BCUT2D eigenvalue weighted by molar-refractivity contribution is 5.83. The molecule has 1 N–H and O–H groups in total. The first-order valence-electron chi connectivity index (χ1n) is 11.6. The van der Waals surface area contributed by atoms with E-state index in [4.69, 9.17) is 9.84 Å². The van der Waals surface area contributed by atoms with Crippen molar-refractivity contribution in [1.29, 1.82) is 0 Å². The molecule has 0 amide bonds. The van der Waals surface area contributed by atoms with Crippen LogP contribution in [0, 0.1) is 28.6 Å². The quantitative estimate of drug-likeness (QED) is 0.275. The van der Waals surface area contributed by atoms with Crippen molar-refractivity contribution in [2.75, 3.05) is 0 Å². The molecule has 4 rings (SSSR count). The second-order valence-electron chi connectivity index (χ2n) is 11.3. The molecule has 5 nitrogen and oxygen atoms in total. The first-order chi connectivity index (χ1) is 15.3. The van der Waals surface area contributed by atoms with E-state index in [1.807, 2.05) is 0 Å². The summed E-state index contributed by atoms with van der Waals surface area (Å²) in [7, 11) is 0. The average molecular weight is 502 g/mol. The van der Waals surface area contributed by atoms with Gasteiger partial charge in [-0.2, -0.15) is 26.3 Å². The van der Waals surface area contributed by atoms with E-state index in [-0.39, 0.29) is 11.8 Å². The van der Waals surface area contributed by atoms with Gasteiger partial charge in [0.25, 0.3) is 0 Å². The molecule has 0 spiro atoms. The molecule has 4 aliphatic carbocycles. The van der Waals surface area contributed by atoms with Gasteiger partial charge in [-0.1, -0.05) is 6.92 Å². The highest BCUT2D eigenvalue weighted by atomic mass is 19.4. The van der Waals surface area contributed by atoms with E-state index in [0.717, 1.165) is 38.5 Å². The van der Waals surface area contributed by atoms with Crippen molar-refractivity contribution in [3.05, 3.63) is 0 Å². The van der Waals surface area contributed by atoms with Crippen molar-refractivity contribution in [2.45, 2.75) is 103 Å². The molecule has 34 heavy (non-hydrogen) atoms. The smallest absolute Gasteiger partial charge is 0.459 e. The molecule has 0 radical (unpaired) electrons. The van der Waals surface area contributed by atoms with E-state index in [1.165, 1.54) is 13.8 Å². The van der Waals surface area contributed by atoms with Gasteiger partial charge in [-0.25, -0.2) is 0 Å². The molecule has 0 aromatic rings. The number of ether oxygens (including phenoxy) is 2. The van der Waals surface area contributed by atoms with Crippen LogP contribution in [0.3, 0.4) is 0 Å². The van der Waals surface area contributed by atoms with Crippen molar-refractivity contribution >= 4 is 11.9 Å². The van der Waals surface area contributed by atoms with Gasteiger partial charge >= 0.3 is 30.1 Å². The Hall–Kier alpha value is -1.52. The summed E-state index contributed by atoms with van der Waals surface area (Å²) in [5.74, 6) is -6.91. The lowest BCUT2D eigenvalue weighted by Crippen LogP contribution is -2.60. The lowest BCUT2D eigenvalue weighted by Gasteiger charge is -2.61. The minimum absolute atomic E-state index is 0.103. The number of hydrogen-bond acceptors (Lipinski definition) is 5. The van der Waals surface area contributed by atoms with Gasteiger partial charge < -0.3 is 14.6 Å². The number of aliphatic hydroxyl groups is 1. The fourth-order valence-electron chi connectivity index (χ4n) is 6.45. The molecule has 196 valence electrons. The van der Waals surface area contributed by atoms with E-state index in [9.17, 15) is 35.9 Å². The summed E-state index contributed by atoms with van der Waals surface area (Å²) in [5, 5.41) is 9.14. The van der Waals surface area contributed by atoms with Crippen molar-refractivity contribution in [2.24, 2.45) is 28.6 Å². The molecular weight excluding hydrogens is 470 g/mol. The number of halogens is 6. The molecule has 0 aromatic heterocycles. The number of rotatable bonds is 7. The van der Waals surface area contributed by atoms with Crippen LogP contribution in [0.15, 0.2) is 0 Å². The van der Waals surface area contributed by atoms with Crippen LogP contribution in [0.2, 0.25) is 0 Å². The van der Waals surface area contributed by atoms with Crippen LogP contribution < -0.4 is 0 Å². The zero-order chi connectivity index (χ0) is 26.0. The van der Waals surface area contributed by atoms with E-state index in [2.05, 4.69) is 4.74 Å². The number of esters is 2. The second kappa shape index (κ2) is 8.27. The van der Waals surface area contributed by atoms with Gasteiger partial charge in [-0.15, -0.1) is 0 Å². The summed E-state index contributed by atoms with van der Waals surface area (Å²) in [4.78, 5) is 25.3. The minimum Gasteiger partial charge on any atom is -0.459 e. The first kappa shape index (κ1) is 27.1. The standard InChI is InChI=1S/C23H32F6O5/c1-5-19(4,12-16(30)33-21(32,22(24,25)26)23(27,28)29)17(31)34-18(2,3)20-9-13-6-14(10-20)8-15(7-13)11-20/h13-15,32H,5-12H2,1-4H3. The molecule has 0 heterocycles. The van der Waals surface area contributed by atoms with E-state index < -0.39 is 47.5 Å². The molecule has 0 aliphatic heterocycles. The number of alkyl halides is 6. The van der Waals surface area contributed by atoms with Crippen LogP contribution in [-0.2, 0) is 19.1 Å². The van der Waals surface area contributed by atoms with Crippen molar-refractivity contribution in [1.82, 2.24) is 0 Å². The van der Waals surface area contributed by atoms with Gasteiger partial charge in [0.05, 0.1) is 11.8 Å². The van der Waals surface area contributed by atoms with Crippen LogP contribution in [0.1, 0.15) is 79.1 Å². The molecule has 1 atom stereocenters.